The molecule has 1 amide bonds. The number of methoxy groups -OCH3 is 2. The Morgan fingerprint density at radius 2 is 1.72 bits per heavy atom. The van der Waals surface area contributed by atoms with Gasteiger partial charge in [0.05, 0.1) is 31.8 Å². The highest BCUT2D eigenvalue weighted by Crippen LogP contribution is 2.34. The molecule has 2 aromatic rings. The predicted molar refractivity (Wildman–Crippen MR) is 101 cm³/mol. The third-order valence-corrected chi connectivity index (χ3v) is 3.69. The number of hydrogen-bond donors (Lipinski definition) is 1. The fourth-order valence-electron chi connectivity index (χ4n) is 2.32. The van der Waals surface area contributed by atoms with Crippen molar-refractivity contribution in [2.75, 3.05) is 34.0 Å². The zero-order valence-corrected chi connectivity index (χ0v) is 15.9. The van der Waals surface area contributed by atoms with Gasteiger partial charge in [0.25, 0.3) is 11.6 Å². The van der Waals surface area contributed by atoms with Crippen molar-refractivity contribution >= 4 is 17.6 Å². The van der Waals surface area contributed by atoms with Crippen molar-refractivity contribution in [1.82, 2.24) is 5.32 Å². The molecule has 0 aliphatic rings. The lowest BCUT2D eigenvalue weighted by molar-refractivity contribution is -0.385. The smallest absolute Gasteiger partial charge is 0.345 e. The summed E-state index contributed by atoms with van der Waals surface area (Å²) in [6.45, 7) is -0.178. The summed E-state index contributed by atoms with van der Waals surface area (Å²) in [5.41, 5.74) is -0.878. The molecule has 2 rings (SSSR count). The third kappa shape index (κ3) is 6.09. The van der Waals surface area contributed by atoms with Crippen molar-refractivity contribution in [3.05, 3.63) is 58.1 Å². The van der Waals surface area contributed by atoms with Gasteiger partial charge >= 0.3 is 5.97 Å². The van der Waals surface area contributed by atoms with E-state index in [2.05, 4.69) is 5.32 Å². The van der Waals surface area contributed by atoms with Gasteiger partial charge in [-0.2, -0.15) is 0 Å². The number of esters is 1. The highest BCUT2D eigenvalue weighted by molar-refractivity contribution is 5.96. The van der Waals surface area contributed by atoms with Gasteiger partial charge in [-0.05, 0) is 12.1 Å². The molecule has 0 aliphatic heterocycles. The van der Waals surface area contributed by atoms with E-state index in [1.807, 2.05) is 18.2 Å². The van der Waals surface area contributed by atoms with Crippen LogP contribution in [0, 0.1) is 10.1 Å². The van der Waals surface area contributed by atoms with Gasteiger partial charge in [-0.1, -0.05) is 18.2 Å². The Morgan fingerprint density at radius 1 is 1.07 bits per heavy atom. The van der Waals surface area contributed by atoms with E-state index in [9.17, 15) is 19.7 Å². The summed E-state index contributed by atoms with van der Waals surface area (Å²) in [6.07, 6.45) is 0. The van der Waals surface area contributed by atoms with E-state index in [0.717, 1.165) is 12.1 Å². The zero-order valence-electron chi connectivity index (χ0n) is 15.9. The molecule has 0 radical (unpaired) electrons. The zero-order chi connectivity index (χ0) is 21.2. The minimum Gasteiger partial charge on any atom is -0.493 e. The van der Waals surface area contributed by atoms with Gasteiger partial charge < -0.3 is 24.3 Å². The molecule has 0 heterocycles. The van der Waals surface area contributed by atoms with Crippen LogP contribution < -0.4 is 19.5 Å². The second-order valence-corrected chi connectivity index (χ2v) is 5.57. The van der Waals surface area contributed by atoms with Gasteiger partial charge in [0.2, 0.25) is 0 Å². The molecule has 0 atom stereocenters. The maximum Gasteiger partial charge on any atom is 0.345 e. The van der Waals surface area contributed by atoms with E-state index in [4.69, 9.17) is 18.9 Å². The molecule has 10 heteroatoms. The maximum absolute atomic E-state index is 12.2. The quantitative estimate of drug-likeness (QED) is 0.276. The molecule has 0 aliphatic carbocycles. The molecule has 29 heavy (non-hydrogen) atoms. The third-order valence-electron chi connectivity index (χ3n) is 3.69. The van der Waals surface area contributed by atoms with Crippen LogP contribution in [-0.4, -0.2) is 50.8 Å². The fraction of sp³-hybridized carbons (Fsp3) is 0.263. The molecule has 10 nitrogen and oxygen atoms in total. The van der Waals surface area contributed by atoms with Gasteiger partial charge in [0, 0.05) is 6.07 Å². The number of carbonyl (C=O) groups excluding carboxylic acids is 2. The van der Waals surface area contributed by atoms with E-state index in [1.54, 1.807) is 12.1 Å². The Morgan fingerprint density at radius 3 is 2.34 bits per heavy atom. The standard InChI is InChI=1S/C19H20N2O8/c1-26-16-10-14(15(21(24)25)11-17(16)27-2)19(23)29-12-18(22)20-8-9-28-13-6-4-3-5-7-13/h3-7,10-11H,8-9,12H2,1-2H3,(H,20,22). The van der Waals surface area contributed by atoms with E-state index in [0.29, 0.717) is 5.75 Å². The summed E-state index contributed by atoms with van der Waals surface area (Å²) in [5, 5.41) is 13.7. The molecular weight excluding hydrogens is 384 g/mol. The second-order valence-electron chi connectivity index (χ2n) is 5.57. The molecule has 0 spiro atoms. The molecule has 1 N–H and O–H groups in total. The van der Waals surface area contributed by atoms with Gasteiger partial charge in [-0.15, -0.1) is 0 Å². The number of rotatable bonds is 10. The van der Waals surface area contributed by atoms with Gasteiger partial charge in [-0.3, -0.25) is 14.9 Å². The molecule has 2 aromatic carbocycles. The van der Waals surface area contributed by atoms with Gasteiger partial charge in [0.15, 0.2) is 18.1 Å². The number of nitro benzene ring substituents is 1. The molecule has 0 saturated heterocycles. The summed E-state index contributed by atoms with van der Waals surface area (Å²) in [5.74, 6) is -0.736. The number of nitrogens with zero attached hydrogens (tertiary/aromatic N) is 1. The minimum atomic E-state index is -1.03. The topological polar surface area (TPSA) is 126 Å². The number of carbonyl (C=O) groups is 2. The first kappa shape index (κ1) is 21.5. The van der Waals surface area contributed by atoms with Crippen LogP contribution in [0.25, 0.3) is 0 Å². The summed E-state index contributed by atoms with van der Waals surface area (Å²) >= 11 is 0. The monoisotopic (exact) mass is 404 g/mol. The average molecular weight is 404 g/mol. The molecule has 0 saturated carbocycles. The van der Waals surface area contributed by atoms with Crippen LogP contribution in [0.15, 0.2) is 42.5 Å². The maximum atomic E-state index is 12.2. The van der Waals surface area contributed by atoms with Crippen molar-refractivity contribution < 1.29 is 33.5 Å². The first-order valence-corrected chi connectivity index (χ1v) is 8.48. The summed E-state index contributed by atoms with van der Waals surface area (Å²) < 4.78 is 20.3. The number of ether oxygens (including phenoxy) is 4. The summed E-state index contributed by atoms with van der Waals surface area (Å²) in [6, 6.07) is 11.2. The molecule has 0 unspecified atom stereocenters. The van der Waals surface area contributed by atoms with Crippen LogP contribution in [0.2, 0.25) is 0 Å². The Bertz CT molecular complexity index is 870. The normalized spacial score (nSPS) is 10.0. The Hall–Kier alpha value is -3.82. The molecule has 154 valence electrons. The molecule has 0 aromatic heterocycles. The Balaban J connectivity index is 1.89. The summed E-state index contributed by atoms with van der Waals surface area (Å²) in [4.78, 5) is 34.5. The van der Waals surface area contributed by atoms with Crippen molar-refractivity contribution in [2.24, 2.45) is 0 Å². The average Bonchev–Trinajstić information content (AvgIpc) is 2.74. The Kier molecular flexibility index (Phi) is 7.78. The molecule has 0 bridgehead atoms. The van der Waals surface area contributed by atoms with Crippen LogP contribution >= 0.6 is 0 Å². The highest BCUT2D eigenvalue weighted by Gasteiger charge is 2.26. The van der Waals surface area contributed by atoms with E-state index in [1.165, 1.54) is 14.2 Å². The summed E-state index contributed by atoms with van der Waals surface area (Å²) in [7, 11) is 2.63. The van der Waals surface area contributed by atoms with Gasteiger partial charge in [0.1, 0.15) is 17.9 Å². The van der Waals surface area contributed by atoms with E-state index < -0.39 is 29.1 Å². The lowest BCUT2D eigenvalue weighted by atomic mass is 10.1. The second kappa shape index (κ2) is 10.5. The van der Waals surface area contributed by atoms with Crippen LogP contribution in [0.4, 0.5) is 5.69 Å². The molecule has 0 fully saturated rings. The van der Waals surface area contributed by atoms with Gasteiger partial charge in [-0.25, -0.2) is 4.79 Å². The van der Waals surface area contributed by atoms with Crippen LogP contribution in [0.1, 0.15) is 10.4 Å². The highest BCUT2D eigenvalue weighted by atomic mass is 16.6. The van der Waals surface area contributed by atoms with Crippen molar-refractivity contribution in [3.63, 3.8) is 0 Å². The van der Waals surface area contributed by atoms with Crippen molar-refractivity contribution in [3.8, 4) is 17.2 Å². The SMILES string of the molecule is COc1cc(C(=O)OCC(=O)NCCOc2ccccc2)c([N+](=O)[O-])cc1OC. The number of hydrogen-bond acceptors (Lipinski definition) is 8. The molecular formula is C19H20N2O8. The number of para-hydroxylation sites is 1. The van der Waals surface area contributed by atoms with Crippen LogP contribution in [0.3, 0.4) is 0 Å². The predicted octanol–water partition coefficient (Wildman–Crippen LogP) is 1.96. The lowest BCUT2D eigenvalue weighted by Gasteiger charge is -2.11. The van der Waals surface area contributed by atoms with E-state index >= 15 is 0 Å². The van der Waals surface area contributed by atoms with Crippen LogP contribution in [-0.2, 0) is 9.53 Å². The fourth-order valence-corrected chi connectivity index (χ4v) is 2.32. The number of nitrogens with one attached hydrogen (secondary N) is 1. The number of amides is 1. The number of nitro groups is 1. The van der Waals surface area contributed by atoms with Crippen LogP contribution in [0.5, 0.6) is 17.2 Å². The first-order chi connectivity index (χ1) is 14.0. The number of benzene rings is 2. The largest absolute Gasteiger partial charge is 0.493 e. The lowest BCUT2D eigenvalue weighted by Crippen LogP contribution is -2.32. The minimum absolute atomic E-state index is 0.0897. The Labute approximate surface area is 166 Å². The first-order valence-electron chi connectivity index (χ1n) is 8.48. The van der Waals surface area contributed by atoms with E-state index in [-0.39, 0.29) is 30.2 Å². The van der Waals surface area contributed by atoms with Crippen molar-refractivity contribution in [2.45, 2.75) is 0 Å². The van der Waals surface area contributed by atoms with Crippen molar-refractivity contribution in [1.29, 1.82) is 0 Å².